The molecule has 0 saturated carbocycles. The van der Waals surface area contributed by atoms with Crippen LogP contribution in [0.15, 0.2) is 22.7 Å². The lowest BCUT2D eigenvalue weighted by atomic mass is 10.1. The SMILES string of the molecule is CC(O)CC(C)NC(=O)c1cc(Cl)ccc1Br. The van der Waals surface area contributed by atoms with Crippen molar-refractivity contribution in [3.63, 3.8) is 0 Å². The van der Waals surface area contributed by atoms with E-state index in [0.717, 1.165) is 0 Å². The average molecular weight is 321 g/mol. The minimum atomic E-state index is -0.437. The first-order valence-corrected chi connectivity index (χ1v) is 6.51. The largest absolute Gasteiger partial charge is 0.393 e. The van der Waals surface area contributed by atoms with E-state index < -0.39 is 6.10 Å². The van der Waals surface area contributed by atoms with Gasteiger partial charge in [-0.25, -0.2) is 0 Å². The predicted octanol–water partition coefficient (Wildman–Crippen LogP) is 2.99. The van der Waals surface area contributed by atoms with Crippen LogP contribution in [-0.2, 0) is 0 Å². The summed E-state index contributed by atoms with van der Waals surface area (Å²) >= 11 is 9.14. The van der Waals surface area contributed by atoms with E-state index in [2.05, 4.69) is 21.2 Å². The lowest BCUT2D eigenvalue weighted by Gasteiger charge is -2.16. The Hall–Kier alpha value is -0.580. The fraction of sp³-hybridized carbons (Fsp3) is 0.417. The van der Waals surface area contributed by atoms with E-state index in [0.29, 0.717) is 21.5 Å². The van der Waals surface area contributed by atoms with Gasteiger partial charge in [0, 0.05) is 15.5 Å². The van der Waals surface area contributed by atoms with Crippen LogP contribution < -0.4 is 5.32 Å². The summed E-state index contributed by atoms with van der Waals surface area (Å²) < 4.78 is 0.698. The van der Waals surface area contributed by atoms with E-state index in [1.54, 1.807) is 25.1 Å². The van der Waals surface area contributed by atoms with Crippen LogP contribution >= 0.6 is 27.5 Å². The lowest BCUT2D eigenvalue weighted by Crippen LogP contribution is -2.34. The van der Waals surface area contributed by atoms with Gasteiger partial charge in [0.15, 0.2) is 0 Å². The summed E-state index contributed by atoms with van der Waals surface area (Å²) in [7, 11) is 0. The van der Waals surface area contributed by atoms with Gasteiger partial charge in [0.25, 0.3) is 5.91 Å². The molecule has 0 fully saturated rings. The highest BCUT2D eigenvalue weighted by atomic mass is 79.9. The molecule has 1 rings (SSSR count). The Kier molecular flexibility index (Phi) is 5.43. The van der Waals surface area contributed by atoms with Gasteiger partial charge in [-0.1, -0.05) is 11.6 Å². The van der Waals surface area contributed by atoms with Crippen LogP contribution in [0, 0.1) is 0 Å². The predicted molar refractivity (Wildman–Crippen MR) is 72.4 cm³/mol. The maximum Gasteiger partial charge on any atom is 0.252 e. The van der Waals surface area contributed by atoms with Crippen LogP contribution in [0.1, 0.15) is 30.6 Å². The Morgan fingerprint density at radius 3 is 2.76 bits per heavy atom. The number of carbonyl (C=O) groups is 1. The molecule has 1 aromatic carbocycles. The average Bonchev–Trinajstić information content (AvgIpc) is 2.20. The topological polar surface area (TPSA) is 49.3 Å². The van der Waals surface area contributed by atoms with Crippen molar-refractivity contribution in [3.05, 3.63) is 33.3 Å². The molecule has 0 bridgehead atoms. The summed E-state index contributed by atoms with van der Waals surface area (Å²) in [6.45, 7) is 3.54. The molecule has 0 spiro atoms. The molecule has 0 aliphatic rings. The first-order chi connectivity index (χ1) is 7.90. The Morgan fingerprint density at radius 2 is 2.18 bits per heavy atom. The van der Waals surface area contributed by atoms with Gasteiger partial charge in [-0.15, -0.1) is 0 Å². The minimum Gasteiger partial charge on any atom is -0.393 e. The molecular formula is C12H15BrClNO2. The number of amides is 1. The molecule has 0 heterocycles. The van der Waals surface area contributed by atoms with Gasteiger partial charge >= 0.3 is 0 Å². The number of carbonyl (C=O) groups excluding carboxylic acids is 1. The van der Waals surface area contributed by atoms with Crippen molar-refractivity contribution in [3.8, 4) is 0 Å². The highest BCUT2D eigenvalue weighted by molar-refractivity contribution is 9.10. The zero-order valence-electron chi connectivity index (χ0n) is 9.71. The number of aliphatic hydroxyl groups excluding tert-OH is 1. The van der Waals surface area contributed by atoms with Crippen molar-refractivity contribution in [2.45, 2.75) is 32.4 Å². The summed E-state index contributed by atoms with van der Waals surface area (Å²) in [6.07, 6.45) is 0.0808. The molecule has 94 valence electrons. The smallest absolute Gasteiger partial charge is 0.252 e. The van der Waals surface area contributed by atoms with E-state index in [1.807, 2.05) is 6.92 Å². The number of benzene rings is 1. The second-order valence-corrected chi connectivity index (χ2v) is 5.37. The molecule has 0 saturated heterocycles. The molecule has 2 atom stereocenters. The van der Waals surface area contributed by atoms with E-state index >= 15 is 0 Å². The molecule has 0 aliphatic heterocycles. The van der Waals surface area contributed by atoms with Gasteiger partial charge in [0.2, 0.25) is 0 Å². The Balaban J connectivity index is 2.73. The van der Waals surface area contributed by atoms with Crippen LogP contribution in [0.2, 0.25) is 5.02 Å². The number of hydrogen-bond donors (Lipinski definition) is 2. The van der Waals surface area contributed by atoms with Crippen molar-refractivity contribution in [2.75, 3.05) is 0 Å². The second-order valence-electron chi connectivity index (χ2n) is 4.08. The number of halogens is 2. The number of nitrogens with one attached hydrogen (secondary N) is 1. The van der Waals surface area contributed by atoms with Gasteiger partial charge in [0.05, 0.1) is 11.7 Å². The fourth-order valence-corrected chi connectivity index (χ4v) is 2.14. The van der Waals surface area contributed by atoms with E-state index in [-0.39, 0.29) is 11.9 Å². The number of rotatable bonds is 4. The fourth-order valence-electron chi connectivity index (χ4n) is 1.54. The third-order valence-electron chi connectivity index (χ3n) is 2.25. The maximum absolute atomic E-state index is 11.9. The second kappa shape index (κ2) is 6.38. The molecule has 17 heavy (non-hydrogen) atoms. The monoisotopic (exact) mass is 319 g/mol. The number of hydrogen-bond acceptors (Lipinski definition) is 2. The zero-order valence-corrected chi connectivity index (χ0v) is 12.0. The maximum atomic E-state index is 11.9. The minimum absolute atomic E-state index is 0.0895. The Bertz CT molecular complexity index is 409. The summed E-state index contributed by atoms with van der Waals surface area (Å²) in [5.41, 5.74) is 0.495. The summed E-state index contributed by atoms with van der Waals surface area (Å²) in [5, 5.41) is 12.5. The van der Waals surface area contributed by atoms with Crippen molar-refractivity contribution >= 4 is 33.4 Å². The summed E-state index contributed by atoms with van der Waals surface area (Å²) in [6, 6.07) is 4.96. The molecule has 1 aromatic rings. The third kappa shape index (κ3) is 4.66. The zero-order chi connectivity index (χ0) is 13.0. The van der Waals surface area contributed by atoms with Gasteiger partial charge in [-0.2, -0.15) is 0 Å². The Labute approximate surface area is 114 Å². The quantitative estimate of drug-likeness (QED) is 0.896. The normalized spacial score (nSPS) is 14.2. The highest BCUT2D eigenvalue weighted by Crippen LogP contribution is 2.21. The van der Waals surface area contributed by atoms with Gasteiger partial charge in [-0.05, 0) is 54.4 Å². The molecule has 0 aliphatic carbocycles. The molecule has 0 aromatic heterocycles. The van der Waals surface area contributed by atoms with Crippen LogP contribution in [0.5, 0.6) is 0 Å². The molecule has 2 unspecified atom stereocenters. The van der Waals surface area contributed by atoms with Gasteiger partial charge in [0.1, 0.15) is 0 Å². The van der Waals surface area contributed by atoms with E-state index in [4.69, 9.17) is 11.6 Å². The van der Waals surface area contributed by atoms with Crippen LogP contribution in [0.3, 0.4) is 0 Å². The first kappa shape index (κ1) is 14.5. The molecule has 2 N–H and O–H groups in total. The van der Waals surface area contributed by atoms with Crippen molar-refractivity contribution in [1.29, 1.82) is 0 Å². The van der Waals surface area contributed by atoms with E-state index in [9.17, 15) is 9.90 Å². The summed E-state index contributed by atoms with van der Waals surface area (Å²) in [5.74, 6) is -0.201. The van der Waals surface area contributed by atoms with Crippen LogP contribution in [-0.4, -0.2) is 23.2 Å². The summed E-state index contributed by atoms with van der Waals surface area (Å²) in [4.78, 5) is 11.9. The van der Waals surface area contributed by atoms with Crippen molar-refractivity contribution in [2.24, 2.45) is 0 Å². The van der Waals surface area contributed by atoms with Gasteiger partial charge < -0.3 is 10.4 Å². The van der Waals surface area contributed by atoms with Gasteiger partial charge in [-0.3, -0.25) is 4.79 Å². The molecule has 0 radical (unpaired) electrons. The first-order valence-electron chi connectivity index (χ1n) is 5.34. The molecule has 5 heteroatoms. The highest BCUT2D eigenvalue weighted by Gasteiger charge is 2.14. The standard InChI is InChI=1S/C12H15BrClNO2/c1-7(5-8(2)16)15-12(17)10-6-9(14)3-4-11(10)13/h3-4,6-8,16H,5H2,1-2H3,(H,15,17). The third-order valence-corrected chi connectivity index (χ3v) is 3.17. The van der Waals surface area contributed by atoms with Crippen LogP contribution in [0.25, 0.3) is 0 Å². The van der Waals surface area contributed by atoms with Crippen LogP contribution in [0.4, 0.5) is 0 Å². The molecular weight excluding hydrogens is 305 g/mol. The molecule has 3 nitrogen and oxygen atoms in total. The van der Waals surface area contributed by atoms with Crippen molar-refractivity contribution in [1.82, 2.24) is 5.32 Å². The van der Waals surface area contributed by atoms with E-state index in [1.165, 1.54) is 0 Å². The van der Waals surface area contributed by atoms with Crippen molar-refractivity contribution < 1.29 is 9.90 Å². The Morgan fingerprint density at radius 1 is 1.53 bits per heavy atom. The lowest BCUT2D eigenvalue weighted by molar-refractivity contribution is 0.0922. The number of aliphatic hydroxyl groups is 1. The molecule has 1 amide bonds.